The van der Waals surface area contributed by atoms with Crippen molar-refractivity contribution < 1.29 is 21.6 Å². The number of alkyl halides is 3. The van der Waals surface area contributed by atoms with Crippen LogP contribution in [0.25, 0.3) is 0 Å². The summed E-state index contributed by atoms with van der Waals surface area (Å²) in [5.41, 5.74) is 7.58. The number of para-hydroxylation sites is 1. The molecule has 1 heterocycles. The number of hydrazone groups is 1. The monoisotopic (exact) mass is 670 g/mol. The van der Waals surface area contributed by atoms with E-state index in [2.05, 4.69) is 20.6 Å². The molecule has 0 aliphatic carbocycles. The number of guanidine groups is 1. The number of nitrogens with zero attached hydrogens (tertiary/aromatic N) is 3. The van der Waals surface area contributed by atoms with Gasteiger partial charge in [-0.1, -0.05) is 72.3 Å². The van der Waals surface area contributed by atoms with E-state index in [0.29, 0.717) is 35.0 Å². The van der Waals surface area contributed by atoms with Crippen molar-refractivity contribution in [1.82, 2.24) is 15.9 Å². The molecule has 0 saturated heterocycles. The number of nitrogens with one attached hydrogen (secondary N) is 3. The second kappa shape index (κ2) is 13.7. The van der Waals surface area contributed by atoms with Crippen LogP contribution >= 0.6 is 23.8 Å². The van der Waals surface area contributed by atoms with Gasteiger partial charge in [-0.25, -0.2) is 5.01 Å². The maximum Gasteiger partial charge on any atom is 0.416 e. The minimum atomic E-state index is -4.63. The van der Waals surface area contributed by atoms with E-state index in [4.69, 9.17) is 28.9 Å². The molecule has 14 heteroatoms. The summed E-state index contributed by atoms with van der Waals surface area (Å²) >= 11 is 11.5. The van der Waals surface area contributed by atoms with Gasteiger partial charge in [-0.05, 0) is 78.3 Å². The fourth-order valence-corrected chi connectivity index (χ4v) is 5.84. The van der Waals surface area contributed by atoms with Gasteiger partial charge in [-0.15, -0.1) is 4.40 Å². The normalized spacial score (nSPS) is 15.6. The van der Waals surface area contributed by atoms with Crippen molar-refractivity contribution in [2.45, 2.75) is 23.4 Å². The van der Waals surface area contributed by atoms with Crippen LogP contribution in [0.15, 0.2) is 124 Å². The maximum absolute atomic E-state index is 13.4. The fourth-order valence-electron chi connectivity index (χ4n) is 4.59. The number of benzene rings is 4. The predicted molar refractivity (Wildman–Crippen MR) is 173 cm³/mol. The predicted octanol–water partition coefficient (Wildman–Crippen LogP) is 6.79. The lowest BCUT2D eigenvalue weighted by Crippen LogP contribution is -2.51. The van der Waals surface area contributed by atoms with E-state index in [9.17, 15) is 21.6 Å². The zero-order valence-electron chi connectivity index (χ0n) is 23.4. The van der Waals surface area contributed by atoms with Gasteiger partial charge in [-0.3, -0.25) is 10.9 Å². The number of hydrogen-bond donors (Lipinski definition) is 3. The van der Waals surface area contributed by atoms with E-state index >= 15 is 0 Å². The van der Waals surface area contributed by atoms with E-state index in [1.807, 2.05) is 60.7 Å². The molecular weight excluding hydrogens is 645 g/mol. The average Bonchev–Trinajstić information content (AvgIpc) is 3.04. The molecule has 0 fully saturated rings. The summed E-state index contributed by atoms with van der Waals surface area (Å²) in [5.74, 6) is -0.379. The number of sulfonamides is 1. The van der Waals surface area contributed by atoms with Gasteiger partial charge in [0, 0.05) is 23.2 Å². The Labute approximate surface area is 268 Å². The van der Waals surface area contributed by atoms with Gasteiger partial charge in [-0.2, -0.15) is 26.7 Å². The summed E-state index contributed by atoms with van der Waals surface area (Å²) < 4.78 is 70.1. The number of rotatable bonds is 5. The topological polar surface area (TPSA) is 98.2 Å². The van der Waals surface area contributed by atoms with E-state index in [1.165, 1.54) is 5.01 Å². The van der Waals surface area contributed by atoms with E-state index in [-0.39, 0.29) is 23.5 Å². The van der Waals surface area contributed by atoms with Crippen LogP contribution < -0.4 is 16.2 Å². The first kappa shape index (κ1) is 31.9. The summed E-state index contributed by atoms with van der Waals surface area (Å²) in [6.07, 6.45) is -4.10. The SMILES string of the molecule is O=S(=O)(N=C(NNC(=S)Nc1ccccc1)N1CCC(c2ccccc2)C(c2ccc(Cl)cc2)=N1)c1ccc(C(F)(F)F)cc1. The second-order valence-corrected chi connectivity index (χ2v) is 12.3. The minimum Gasteiger partial charge on any atom is -0.331 e. The van der Waals surface area contributed by atoms with E-state index in [1.54, 1.807) is 24.3 Å². The number of hydrogen-bond acceptors (Lipinski definition) is 4. The van der Waals surface area contributed by atoms with Crippen molar-refractivity contribution in [2.75, 3.05) is 11.9 Å². The lowest BCUT2D eigenvalue weighted by atomic mass is 9.86. The third kappa shape index (κ3) is 8.18. The minimum absolute atomic E-state index is 0.0990. The highest BCUT2D eigenvalue weighted by molar-refractivity contribution is 7.90. The lowest BCUT2D eigenvalue weighted by molar-refractivity contribution is -0.137. The highest BCUT2D eigenvalue weighted by Crippen LogP contribution is 2.31. The molecular formula is C31H26ClF3N6O2S2. The first-order valence-corrected chi connectivity index (χ1v) is 15.8. The first-order valence-electron chi connectivity index (χ1n) is 13.6. The van der Waals surface area contributed by atoms with Crippen LogP contribution in [0, 0.1) is 0 Å². The molecule has 0 amide bonds. The summed E-state index contributed by atoms with van der Waals surface area (Å²) in [4.78, 5) is -0.430. The highest BCUT2D eigenvalue weighted by Gasteiger charge is 2.32. The number of hydrazine groups is 1. The van der Waals surface area contributed by atoms with Crippen LogP contribution in [0.2, 0.25) is 5.02 Å². The van der Waals surface area contributed by atoms with Crippen molar-refractivity contribution >= 4 is 56.3 Å². The smallest absolute Gasteiger partial charge is 0.331 e. The zero-order chi connectivity index (χ0) is 32.0. The summed E-state index contributed by atoms with van der Waals surface area (Å²) in [6.45, 7) is 0.242. The van der Waals surface area contributed by atoms with Crippen molar-refractivity contribution in [1.29, 1.82) is 0 Å². The molecule has 0 bridgehead atoms. The van der Waals surface area contributed by atoms with Crippen LogP contribution in [0.1, 0.15) is 29.0 Å². The Bertz CT molecular complexity index is 1800. The van der Waals surface area contributed by atoms with Crippen LogP contribution in [-0.2, 0) is 16.2 Å². The Morgan fingerprint density at radius 1 is 0.889 bits per heavy atom. The van der Waals surface area contributed by atoms with Crippen molar-refractivity contribution in [3.8, 4) is 0 Å². The van der Waals surface area contributed by atoms with Gasteiger partial charge in [0.05, 0.1) is 16.2 Å². The van der Waals surface area contributed by atoms with E-state index < -0.39 is 26.7 Å². The van der Waals surface area contributed by atoms with Crippen LogP contribution in [-0.4, -0.2) is 36.8 Å². The van der Waals surface area contributed by atoms with Crippen molar-refractivity contribution in [3.63, 3.8) is 0 Å². The molecule has 232 valence electrons. The molecule has 1 aliphatic heterocycles. The van der Waals surface area contributed by atoms with Gasteiger partial charge >= 0.3 is 6.18 Å². The summed E-state index contributed by atoms with van der Waals surface area (Å²) in [7, 11) is -4.51. The average molecular weight is 671 g/mol. The molecule has 8 nitrogen and oxygen atoms in total. The molecule has 0 spiro atoms. The second-order valence-electron chi connectivity index (χ2n) is 9.85. The van der Waals surface area contributed by atoms with Crippen LogP contribution in [0.5, 0.6) is 0 Å². The molecule has 3 N–H and O–H groups in total. The Hall–Kier alpha value is -4.46. The molecule has 4 aromatic rings. The van der Waals surface area contributed by atoms with Gasteiger partial charge < -0.3 is 5.32 Å². The fraction of sp³-hybridized carbons (Fsp3) is 0.129. The van der Waals surface area contributed by atoms with Crippen molar-refractivity contribution in [2.24, 2.45) is 9.50 Å². The van der Waals surface area contributed by atoms with Crippen molar-refractivity contribution in [3.05, 3.63) is 131 Å². The molecule has 4 aromatic carbocycles. The Balaban J connectivity index is 1.52. The molecule has 45 heavy (non-hydrogen) atoms. The number of thiocarbonyl (C=S) groups is 1. The molecule has 1 aliphatic rings. The van der Waals surface area contributed by atoms with Crippen LogP contribution in [0.4, 0.5) is 18.9 Å². The van der Waals surface area contributed by atoms with Gasteiger partial charge in [0.25, 0.3) is 10.0 Å². The van der Waals surface area contributed by atoms with Crippen LogP contribution in [0.3, 0.4) is 0 Å². The third-order valence-electron chi connectivity index (χ3n) is 6.78. The Morgan fingerprint density at radius 3 is 2.13 bits per heavy atom. The molecule has 5 rings (SSSR count). The van der Waals surface area contributed by atoms with Gasteiger partial charge in [0.15, 0.2) is 5.11 Å². The molecule has 1 atom stereocenters. The van der Waals surface area contributed by atoms with Gasteiger partial charge in [0.1, 0.15) is 0 Å². The lowest BCUT2D eigenvalue weighted by Gasteiger charge is -2.32. The third-order valence-corrected chi connectivity index (χ3v) is 8.52. The maximum atomic E-state index is 13.4. The molecule has 0 saturated carbocycles. The molecule has 1 unspecified atom stereocenters. The zero-order valence-corrected chi connectivity index (χ0v) is 25.8. The quantitative estimate of drug-likeness (QED) is 0.0931. The highest BCUT2D eigenvalue weighted by atomic mass is 35.5. The molecule has 0 aromatic heterocycles. The standard InChI is InChI=1S/C31H26ClF3N6O2S2/c32-24-15-11-22(12-16-24)28-27(21-7-3-1-4-8-21)19-20-41(39-28)29(37-38-30(44)36-25-9-5-2-6-10-25)40-45(42,43)26-17-13-23(14-18-26)31(33,34)35/h1-18,27H,19-20H2,(H,37,40)(H2,36,38,44). The summed E-state index contributed by atoms with van der Waals surface area (Å²) in [5, 5.41) is 9.80. The summed E-state index contributed by atoms with van der Waals surface area (Å²) in [6, 6.07) is 29.0. The van der Waals surface area contributed by atoms with Gasteiger partial charge in [0.2, 0.25) is 5.96 Å². The Morgan fingerprint density at radius 2 is 1.51 bits per heavy atom. The largest absolute Gasteiger partial charge is 0.416 e. The number of anilines is 1. The molecule has 0 radical (unpaired) electrons. The van der Waals surface area contributed by atoms with E-state index in [0.717, 1.165) is 23.3 Å². The first-order chi connectivity index (χ1) is 21.5. The number of halogens is 4. The Kier molecular flexibility index (Phi) is 9.71.